The molecule has 1 saturated heterocycles. The summed E-state index contributed by atoms with van der Waals surface area (Å²) in [4.78, 5) is 14.4. The number of hydrazine groups is 1. The van der Waals surface area contributed by atoms with Crippen molar-refractivity contribution < 1.29 is 14.6 Å². The van der Waals surface area contributed by atoms with Crippen LogP contribution in [-0.4, -0.2) is 52.4 Å². The van der Waals surface area contributed by atoms with Crippen molar-refractivity contribution in [2.24, 2.45) is 11.6 Å². The molecule has 6 N–H and O–H groups in total. The first-order valence-corrected chi connectivity index (χ1v) is 11.7. The molecule has 0 atom stereocenters. The molecule has 184 valence electrons. The smallest absolute Gasteiger partial charge is 0.254 e. The number of aromatic amines is 1. The molecule has 0 spiro atoms. The van der Waals surface area contributed by atoms with Crippen LogP contribution in [0.3, 0.4) is 0 Å². The number of anilines is 1. The summed E-state index contributed by atoms with van der Waals surface area (Å²) in [5.41, 5.74) is 12.4. The molecule has 9 heteroatoms. The van der Waals surface area contributed by atoms with Crippen molar-refractivity contribution in [3.8, 4) is 11.1 Å². The minimum absolute atomic E-state index is 0.0176. The highest BCUT2D eigenvalue weighted by atomic mass is 16.5. The van der Waals surface area contributed by atoms with Gasteiger partial charge in [-0.15, -0.1) is 0 Å². The topological polar surface area (TPSA) is 134 Å². The number of hydrogen-bond donors (Lipinski definition) is 4. The Morgan fingerprint density at radius 1 is 1.06 bits per heavy atom. The highest BCUT2D eigenvalue weighted by Crippen LogP contribution is 2.27. The van der Waals surface area contributed by atoms with E-state index in [0.29, 0.717) is 48.9 Å². The summed E-state index contributed by atoms with van der Waals surface area (Å²) in [5.74, 6) is 6.23. The number of aliphatic hydroxyl groups is 1. The van der Waals surface area contributed by atoms with Crippen molar-refractivity contribution in [2.45, 2.75) is 6.61 Å². The molecular formula is C27H28N6O3. The van der Waals surface area contributed by atoms with E-state index in [1.54, 1.807) is 35.4 Å². The van der Waals surface area contributed by atoms with Gasteiger partial charge >= 0.3 is 0 Å². The molecule has 36 heavy (non-hydrogen) atoms. The first kappa shape index (κ1) is 23.6. The van der Waals surface area contributed by atoms with Gasteiger partial charge in [-0.3, -0.25) is 14.9 Å². The summed E-state index contributed by atoms with van der Waals surface area (Å²) in [6.45, 7) is 2.33. The van der Waals surface area contributed by atoms with E-state index in [9.17, 15) is 9.90 Å². The van der Waals surface area contributed by atoms with E-state index in [2.05, 4.69) is 10.2 Å². The molecule has 0 saturated carbocycles. The summed E-state index contributed by atoms with van der Waals surface area (Å²) in [5, 5.41) is 19.0. The fourth-order valence-corrected chi connectivity index (χ4v) is 4.23. The lowest BCUT2D eigenvalue weighted by Gasteiger charge is -2.27. The summed E-state index contributed by atoms with van der Waals surface area (Å²) >= 11 is 0. The van der Waals surface area contributed by atoms with Crippen LogP contribution in [0.25, 0.3) is 27.7 Å². The Morgan fingerprint density at radius 3 is 2.44 bits per heavy atom. The highest BCUT2D eigenvalue weighted by molar-refractivity contribution is 5.95. The third kappa shape index (κ3) is 4.80. The van der Waals surface area contributed by atoms with Crippen LogP contribution in [0.4, 0.5) is 5.69 Å². The molecular weight excluding hydrogens is 456 g/mol. The number of amides is 1. The van der Waals surface area contributed by atoms with Crippen LogP contribution < -0.4 is 16.6 Å². The van der Waals surface area contributed by atoms with Gasteiger partial charge in [0.2, 0.25) is 0 Å². The van der Waals surface area contributed by atoms with Crippen molar-refractivity contribution in [1.29, 1.82) is 0 Å². The number of aliphatic hydroxyl groups excluding tert-OH is 1. The Morgan fingerprint density at radius 2 is 1.75 bits per heavy atom. The number of morpholine rings is 1. The maximum absolute atomic E-state index is 12.7. The maximum atomic E-state index is 12.7. The van der Waals surface area contributed by atoms with Crippen molar-refractivity contribution >= 4 is 28.2 Å². The molecule has 0 aliphatic carbocycles. The lowest BCUT2D eigenvalue weighted by molar-refractivity contribution is 0.0303. The standard InChI is InChI=1S/C27H28N6O3/c28-24(16-33(29)22-8-5-20(6-9-22)27(35)32-11-13-36-14-12-32)26-23-10-7-21(15-25(23)30-31-26)19-3-1-18(17-34)2-4-19/h1-10,15-16,34H,11-14,17,28-29H2,(H,30,31)/b24-16-. The van der Waals surface area contributed by atoms with Gasteiger partial charge in [0, 0.05) is 30.2 Å². The number of aromatic nitrogens is 2. The molecule has 5 rings (SSSR count). The summed E-state index contributed by atoms with van der Waals surface area (Å²) < 4.78 is 5.31. The average Bonchev–Trinajstić information content (AvgIpc) is 3.37. The molecule has 0 radical (unpaired) electrons. The number of nitrogens with two attached hydrogens (primary N) is 2. The Bertz CT molecular complexity index is 1390. The Balaban J connectivity index is 1.32. The quantitative estimate of drug-likeness (QED) is 0.244. The minimum Gasteiger partial charge on any atom is -0.396 e. The van der Waals surface area contributed by atoms with E-state index in [1.165, 1.54) is 5.01 Å². The third-order valence-corrected chi connectivity index (χ3v) is 6.29. The molecule has 2 heterocycles. The van der Waals surface area contributed by atoms with Crippen LogP contribution in [0.1, 0.15) is 21.6 Å². The second kappa shape index (κ2) is 10.2. The zero-order chi connectivity index (χ0) is 25.1. The number of ether oxygens (including phenoxy) is 1. The fourth-order valence-electron chi connectivity index (χ4n) is 4.23. The number of H-pyrrole nitrogens is 1. The number of nitrogens with zero attached hydrogens (tertiary/aromatic N) is 3. The summed E-state index contributed by atoms with van der Waals surface area (Å²) in [6, 6.07) is 20.8. The molecule has 1 aromatic heterocycles. The maximum Gasteiger partial charge on any atom is 0.254 e. The van der Waals surface area contributed by atoms with Gasteiger partial charge in [0.1, 0.15) is 5.69 Å². The number of carbonyl (C=O) groups is 1. The Kier molecular flexibility index (Phi) is 6.68. The zero-order valence-electron chi connectivity index (χ0n) is 19.7. The van der Waals surface area contributed by atoms with E-state index in [0.717, 1.165) is 27.6 Å². The monoisotopic (exact) mass is 484 g/mol. The van der Waals surface area contributed by atoms with Crippen molar-refractivity contribution in [2.75, 3.05) is 31.3 Å². The highest BCUT2D eigenvalue weighted by Gasteiger charge is 2.18. The van der Waals surface area contributed by atoms with Gasteiger partial charge in [-0.1, -0.05) is 30.3 Å². The number of benzene rings is 3. The van der Waals surface area contributed by atoms with E-state index >= 15 is 0 Å². The van der Waals surface area contributed by atoms with Gasteiger partial charge in [-0.25, -0.2) is 5.84 Å². The van der Waals surface area contributed by atoms with Gasteiger partial charge in [-0.2, -0.15) is 5.10 Å². The Hall–Kier alpha value is -4.18. The number of rotatable bonds is 6. The second-order valence-corrected chi connectivity index (χ2v) is 8.63. The Labute approximate surface area is 208 Å². The molecule has 1 aliphatic heterocycles. The number of hydrogen-bond acceptors (Lipinski definition) is 7. The van der Waals surface area contributed by atoms with Crippen LogP contribution in [0.2, 0.25) is 0 Å². The van der Waals surface area contributed by atoms with E-state index in [-0.39, 0.29) is 12.5 Å². The van der Waals surface area contributed by atoms with Crippen LogP contribution >= 0.6 is 0 Å². The molecule has 1 amide bonds. The third-order valence-electron chi connectivity index (χ3n) is 6.29. The van der Waals surface area contributed by atoms with Crippen LogP contribution in [0, 0.1) is 0 Å². The van der Waals surface area contributed by atoms with E-state index < -0.39 is 0 Å². The van der Waals surface area contributed by atoms with Gasteiger partial charge in [0.25, 0.3) is 5.91 Å². The molecule has 0 bridgehead atoms. The van der Waals surface area contributed by atoms with Crippen LogP contribution in [-0.2, 0) is 11.3 Å². The second-order valence-electron chi connectivity index (χ2n) is 8.63. The zero-order valence-corrected chi connectivity index (χ0v) is 19.7. The number of nitrogens with one attached hydrogen (secondary N) is 1. The van der Waals surface area contributed by atoms with Gasteiger partial charge in [-0.05, 0) is 53.1 Å². The van der Waals surface area contributed by atoms with Gasteiger partial charge < -0.3 is 20.5 Å². The summed E-state index contributed by atoms with van der Waals surface area (Å²) in [7, 11) is 0. The number of fused-ring (bicyclic) bond motifs is 1. The molecule has 1 aliphatic rings. The molecule has 9 nitrogen and oxygen atoms in total. The van der Waals surface area contributed by atoms with Crippen LogP contribution in [0.5, 0.6) is 0 Å². The number of carbonyl (C=O) groups excluding carboxylic acids is 1. The molecule has 4 aromatic rings. The largest absolute Gasteiger partial charge is 0.396 e. The average molecular weight is 485 g/mol. The van der Waals surface area contributed by atoms with Crippen molar-refractivity contribution in [3.63, 3.8) is 0 Å². The fraction of sp³-hybridized carbons (Fsp3) is 0.185. The molecule has 1 fully saturated rings. The van der Waals surface area contributed by atoms with E-state index in [4.69, 9.17) is 16.3 Å². The molecule has 3 aromatic carbocycles. The predicted molar refractivity (Wildman–Crippen MR) is 139 cm³/mol. The van der Waals surface area contributed by atoms with Crippen molar-refractivity contribution in [3.05, 3.63) is 89.8 Å². The lowest BCUT2D eigenvalue weighted by Crippen LogP contribution is -2.40. The SMILES string of the molecule is N/C(=C\N(N)c1ccc(C(=O)N2CCOCC2)cc1)c1n[nH]c2cc(-c3ccc(CO)cc3)ccc12. The first-order chi connectivity index (χ1) is 17.5. The summed E-state index contributed by atoms with van der Waals surface area (Å²) in [6.07, 6.45) is 1.61. The van der Waals surface area contributed by atoms with Crippen molar-refractivity contribution in [1.82, 2.24) is 15.1 Å². The van der Waals surface area contributed by atoms with Crippen LogP contribution in [0.15, 0.2) is 72.9 Å². The molecule has 0 unspecified atom stereocenters. The minimum atomic E-state index is -0.0184. The van der Waals surface area contributed by atoms with E-state index in [1.807, 2.05) is 42.5 Å². The first-order valence-electron chi connectivity index (χ1n) is 11.7. The normalized spacial score (nSPS) is 14.3. The predicted octanol–water partition coefficient (Wildman–Crippen LogP) is 2.83. The van der Waals surface area contributed by atoms with Gasteiger partial charge in [0.15, 0.2) is 0 Å². The lowest BCUT2D eigenvalue weighted by atomic mass is 10.0. The van der Waals surface area contributed by atoms with Gasteiger partial charge in [0.05, 0.1) is 36.7 Å².